The Morgan fingerprint density at radius 3 is 2.43 bits per heavy atom. The molecule has 116 valence electrons. The van der Waals surface area contributed by atoms with Crippen LogP contribution < -0.4 is 0 Å². The van der Waals surface area contributed by atoms with Crippen LogP contribution in [0.5, 0.6) is 0 Å². The Hall–Kier alpha value is -2.61. The normalized spacial score (nSPS) is 11.5. The third-order valence-corrected chi connectivity index (χ3v) is 4.73. The lowest BCUT2D eigenvalue weighted by Gasteiger charge is -1.98. The molecule has 0 aliphatic rings. The third-order valence-electron chi connectivity index (χ3n) is 3.82. The second-order valence-corrected chi connectivity index (χ2v) is 6.26. The van der Waals surface area contributed by atoms with Crippen molar-refractivity contribution in [2.24, 2.45) is 7.05 Å². The fourth-order valence-electron chi connectivity index (χ4n) is 2.58. The lowest BCUT2D eigenvalue weighted by Crippen LogP contribution is -1.93. The third kappa shape index (κ3) is 2.14. The van der Waals surface area contributed by atoms with Gasteiger partial charge < -0.3 is 0 Å². The van der Waals surface area contributed by atoms with Gasteiger partial charge in [-0.1, -0.05) is 11.3 Å². The van der Waals surface area contributed by atoms with Crippen molar-refractivity contribution in [1.82, 2.24) is 29.6 Å². The Bertz CT molecular complexity index is 1010. The molecule has 0 fully saturated rings. The number of halogens is 1. The van der Waals surface area contributed by atoms with Crippen LogP contribution in [0.3, 0.4) is 0 Å². The summed E-state index contributed by atoms with van der Waals surface area (Å²) in [6, 6.07) is 6.15. The molecule has 0 amide bonds. The van der Waals surface area contributed by atoms with E-state index in [1.165, 1.54) is 23.5 Å². The van der Waals surface area contributed by atoms with Crippen LogP contribution in [-0.4, -0.2) is 29.6 Å². The van der Waals surface area contributed by atoms with Crippen molar-refractivity contribution in [3.05, 3.63) is 41.5 Å². The maximum absolute atomic E-state index is 13.1. The van der Waals surface area contributed by atoms with Gasteiger partial charge in [-0.25, -0.2) is 4.39 Å². The van der Waals surface area contributed by atoms with E-state index in [0.29, 0.717) is 10.8 Å². The summed E-state index contributed by atoms with van der Waals surface area (Å²) in [4.78, 5) is 0.696. The zero-order valence-electron chi connectivity index (χ0n) is 12.8. The predicted octanol–water partition coefficient (Wildman–Crippen LogP) is 3.01. The second-order valence-electron chi connectivity index (χ2n) is 5.30. The minimum atomic E-state index is -0.282. The van der Waals surface area contributed by atoms with Crippen molar-refractivity contribution in [2.75, 3.05) is 0 Å². The monoisotopic (exact) mass is 328 g/mol. The largest absolute Gasteiger partial charge is 0.272 e. The number of hydrogen-bond acceptors (Lipinski definition) is 5. The van der Waals surface area contributed by atoms with Crippen LogP contribution in [-0.2, 0) is 7.05 Å². The van der Waals surface area contributed by atoms with Crippen LogP contribution in [0.25, 0.3) is 26.9 Å². The average Bonchev–Trinajstić information content (AvgIpc) is 3.14. The fourth-order valence-corrected chi connectivity index (χ4v) is 3.57. The Balaban J connectivity index is 1.88. The number of fused-ring (bicyclic) bond motifs is 1. The summed E-state index contributed by atoms with van der Waals surface area (Å²) in [7, 11) is 1.91. The van der Waals surface area contributed by atoms with Gasteiger partial charge in [0.1, 0.15) is 5.82 Å². The molecular weight excluding hydrogens is 315 g/mol. The van der Waals surface area contributed by atoms with Crippen molar-refractivity contribution in [3.8, 4) is 22.0 Å². The number of benzene rings is 1. The summed E-state index contributed by atoms with van der Waals surface area (Å²) in [5.74, 6) is 0.316. The number of aryl methyl sites for hydroxylation is 2. The van der Waals surface area contributed by atoms with Crippen molar-refractivity contribution in [2.45, 2.75) is 13.8 Å². The highest BCUT2D eigenvalue weighted by molar-refractivity contribution is 7.19. The Kier molecular flexibility index (Phi) is 3.02. The van der Waals surface area contributed by atoms with Crippen LogP contribution in [0.1, 0.15) is 11.4 Å². The number of rotatable bonds is 2. The lowest BCUT2D eigenvalue weighted by molar-refractivity contribution is 0.628. The zero-order valence-corrected chi connectivity index (χ0v) is 13.6. The van der Waals surface area contributed by atoms with Crippen LogP contribution in [0.2, 0.25) is 0 Å². The second kappa shape index (κ2) is 4.95. The first-order chi connectivity index (χ1) is 11.0. The predicted molar refractivity (Wildman–Crippen MR) is 85.7 cm³/mol. The molecule has 8 heteroatoms. The molecule has 0 atom stereocenters. The highest BCUT2D eigenvalue weighted by Gasteiger charge is 2.19. The zero-order chi connectivity index (χ0) is 16.1. The molecule has 3 aromatic heterocycles. The van der Waals surface area contributed by atoms with Gasteiger partial charge in [0.15, 0.2) is 10.8 Å². The summed E-state index contributed by atoms with van der Waals surface area (Å²) in [6.07, 6.45) is 0. The molecular formula is C15H13FN6S. The summed E-state index contributed by atoms with van der Waals surface area (Å²) in [5, 5.41) is 18.3. The summed E-state index contributed by atoms with van der Waals surface area (Å²) < 4.78 is 16.6. The summed E-state index contributed by atoms with van der Waals surface area (Å²) in [6.45, 7) is 3.98. The molecule has 0 N–H and O–H groups in total. The van der Waals surface area contributed by atoms with Crippen molar-refractivity contribution in [3.63, 3.8) is 0 Å². The summed E-state index contributed by atoms with van der Waals surface area (Å²) >= 11 is 1.46. The molecule has 0 saturated heterocycles. The first kappa shape index (κ1) is 14.0. The molecule has 0 unspecified atom stereocenters. The SMILES string of the molecule is Cc1nn(C)c(C)c1-c1nn2c(-c3ccc(F)cc3)nnc2s1. The molecule has 23 heavy (non-hydrogen) atoms. The van der Waals surface area contributed by atoms with Crippen molar-refractivity contribution < 1.29 is 4.39 Å². The molecule has 0 aliphatic heterocycles. The molecule has 0 spiro atoms. The molecule has 0 aliphatic carbocycles. The molecule has 0 radical (unpaired) electrons. The van der Waals surface area contributed by atoms with E-state index in [1.807, 2.05) is 25.6 Å². The topological polar surface area (TPSA) is 60.9 Å². The highest BCUT2D eigenvalue weighted by atomic mass is 32.1. The van der Waals surface area contributed by atoms with Gasteiger partial charge in [0.25, 0.3) is 0 Å². The van der Waals surface area contributed by atoms with E-state index in [-0.39, 0.29) is 5.82 Å². The maximum atomic E-state index is 13.1. The van der Waals surface area contributed by atoms with E-state index in [4.69, 9.17) is 0 Å². The van der Waals surface area contributed by atoms with Crippen LogP contribution in [0, 0.1) is 19.7 Å². The molecule has 6 nitrogen and oxygen atoms in total. The van der Waals surface area contributed by atoms with Crippen LogP contribution in [0.4, 0.5) is 4.39 Å². The number of aromatic nitrogens is 6. The van der Waals surface area contributed by atoms with Crippen molar-refractivity contribution >= 4 is 16.3 Å². The van der Waals surface area contributed by atoms with E-state index >= 15 is 0 Å². The van der Waals surface area contributed by atoms with E-state index in [0.717, 1.165) is 27.5 Å². The molecule has 4 rings (SSSR count). The van der Waals surface area contributed by atoms with E-state index in [9.17, 15) is 4.39 Å². The quantitative estimate of drug-likeness (QED) is 0.567. The first-order valence-corrected chi connectivity index (χ1v) is 7.85. The Morgan fingerprint density at radius 1 is 1.04 bits per heavy atom. The first-order valence-electron chi connectivity index (χ1n) is 7.03. The van der Waals surface area contributed by atoms with Gasteiger partial charge in [-0.15, -0.1) is 10.2 Å². The molecule has 1 aromatic carbocycles. The van der Waals surface area contributed by atoms with Crippen LogP contribution >= 0.6 is 11.3 Å². The van der Waals surface area contributed by atoms with E-state index in [2.05, 4.69) is 20.4 Å². The molecule has 0 bridgehead atoms. The average molecular weight is 328 g/mol. The minimum absolute atomic E-state index is 0.282. The van der Waals surface area contributed by atoms with Gasteiger partial charge in [0.2, 0.25) is 4.96 Å². The standard InChI is InChI=1S/C15H13FN6S/c1-8-12(9(2)21(3)19-8)14-20-22-13(17-18-15(22)23-14)10-4-6-11(16)7-5-10/h4-7H,1-3H3. The van der Waals surface area contributed by atoms with E-state index < -0.39 is 0 Å². The smallest absolute Gasteiger partial charge is 0.235 e. The van der Waals surface area contributed by atoms with Gasteiger partial charge in [-0.3, -0.25) is 4.68 Å². The van der Waals surface area contributed by atoms with Gasteiger partial charge in [0, 0.05) is 18.3 Å². The van der Waals surface area contributed by atoms with Gasteiger partial charge in [-0.2, -0.15) is 14.7 Å². The summed E-state index contributed by atoms with van der Waals surface area (Å²) in [5.41, 5.74) is 3.78. The number of hydrogen-bond donors (Lipinski definition) is 0. The fraction of sp³-hybridized carbons (Fsp3) is 0.200. The minimum Gasteiger partial charge on any atom is -0.272 e. The van der Waals surface area contributed by atoms with Gasteiger partial charge in [0.05, 0.1) is 11.3 Å². The molecule has 3 heterocycles. The lowest BCUT2D eigenvalue weighted by atomic mass is 10.2. The van der Waals surface area contributed by atoms with Crippen molar-refractivity contribution in [1.29, 1.82) is 0 Å². The Labute approximate surface area is 135 Å². The maximum Gasteiger partial charge on any atom is 0.235 e. The molecule has 0 saturated carbocycles. The van der Waals surface area contributed by atoms with Crippen LogP contribution in [0.15, 0.2) is 24.3 Å². The van der Waals surface area contributed by atoms with Gasteiger partial charge in [-0.05, 0) is 38.1 Å². The van der Waals surface area contributed by atoms with E-state index in [1.54, 1.807) is 16.6 Å². The highest BCUT2D eigenvalue weighted by Crippen LogP contribution is 2.31. The Morgan fingerprint density at radius 2 is 1.78 bits per heavy atom. The van der Waals surface area contributed by atoms with Gasteiger partial charge >= 0.3 is 0 Å². The number of nitrogens with zero attached hydrogens (tertiary/aromatic N) is 6. The molecule has 4 aromatic rings.